The molecule has 1 aromatic carbocycles. The van der Waals surface area contributed by atoms with Crippen LogP contribution in [0.25, 0.3) is 11.4 Å². The van der Waals surface area contributed by atoms with Gasteiger partial charge in [-0.2, -0.15) is 0 Å². The van der Waals surface area contributed by atoms with Crippen molar-refractivity contribution in [3.8, 4) is 11.4 Å². The lowest BCUT2D eigenvalue weighted by Crippen LogP contribution is -1.96. The topological polar surface area (TPSA) is 86.7 Å². The molecule has 2 N–H and O–H groups in total. The highest BCUT2D eigenvalue weighted by molar-refractivity contribution is 8.02. The van der Waals surface area contributed by atoms with E-state index in [0.717, 1.165) is 5.56 Å². The summed E-state index contributed by atoms with van der Waals surface area (Å²) >= 11 is 1.26. The number of anilines is 1. The van der Waals surface area contributed by atoms with Crippen molar-refractivity contribution in [1.82, 2.24) is 19.7 Å². The van der Waals surface area contributed by atoms with Gasteiger partial charge in [0.2, 0.25) is 0 Å². The molecular weight excluding hydrogens is 341 g/mol. The molecule has 8 heteroatoms. The van der Waals surface area contributed by atoms with Gasteiger partial charge in [-0.3, -0.25) is 9.78 Å². The van der Waals surface area contributed by atoms with Gasteiger partial charge < -0.3 is 10.3 Å². The number of halogens is 1. The van der Waals surface area contributed by atoms with Crippen molar-refractivity contribution in [1.29, 1.82) is 0 Å². The summed E-state index contributed by atoms with van der Waals surface area (Å²) in [6, 6.07) is 7.16. The number of ketones is 1. The summed E-state index contributed by atoms with van der Waals surface area (Å²) in [5.74, 6) is 0.0352. The Morgan fingerprint density at radius 2 is 2.00 bits per heavy atom. The van der Waals surface area contributed by atoms with Crippen LogP contribution >= 0.6 is 11.8 Å². The van der Waals surface area contributed by atoms with Crippen LogP contribution in [-0.2, 0) is 7.05 Å². The maximum atomic E-state index is 12.9. The van der Waals surface area contributed by atoms with Crippen LogP contribution in [-0.4, -0.2) is 25.5 Å². The van der Waals surface area contributed by atoms with Crippen molar-refractivity contribution in [2.45, 2.75) is 5.16 Å². The Kier molecular flexibility index (Phi) is 4.90. The first-order valence-corrected chi connectivity index (χ1v) is 8.16. The summed E-state index contributed by atoms with van der Waals surface area (Å²) in [7, 11) is 1.82. The third-order valence-electron chi connectivity index (χ3n) is 3.37. The van der Waals surface area contributed by atoms with E-state index >= 15 is 0 Å². The highest BCUT2D eigenvalue weighted by Gasteiger charge is 2.11. The minimum atomic E-state index is -0.377. The normalized spacial score (nSPS) is 11.1. The zero-order chi connectivity index (χ0) is 17.8. The molecule has 2 aromatic heterocycles. The molecule has 0 saturated heterocycles. The second-order valence-electron chi connectivity index (χ2n) is 5.16. The van der Waals surface area contributed by atoms with E-state index in [4.69, 9.17) is 5.73 Å². The summed E-state index contributed by atoms with van der Waals surface area (Å²) in [5, 5.41) is 10.5. The Morgan fingerprint density at radius 1 is 1.24 bits per heavy atom. The SMILES string of the molecule is Cn1c(S/C=C/C(=O)c2ccc(F)cc2)nnc1-c1cncc(N)c1. The van der Waals surface area contributed by atoms with Crippen molar-refractivity contribution in [2.75, 3.05) is 5.73 Å². The Bertz CT molecular complexity index is 936. The van der Waals surface area contributed by atoms with Gasteiger partial charge in [-0.15, -0.1) is 10.2 Å². The lowest BCUT2D eigenvalue weighted by atomic mass is 10.1. The highest BCUT2D eigenvalue weighted by Crippen LogP contribution is 2.23. The molecule has 3 rings (SSSR count). The fourth-order valence-electron chi connectivity index (χ4n) is 2.12. The fourth-order valence-corrected chi connectivity index (χ4v) is 2.76. The van der Waals surface area contributed by atoms with Crippen LogP contribution in [0.3, 0.4) is 0 Å². The minimum Gasteiger partial charge on any atom is -0.397 e. The fraction of sp³-hybridized carbons (Fsp3) is 0.0588. The first-order valence-electron chi connectivity index (χ1n) is 7.28. The first kappa shape index (κ1) is 16.8. The Balaban J connectivity index is 1.72. The lowest BCUT2D eigenvalue weighted by Gasteiger charge is -2.02. The number of hydrogen-bond donors (Lipinski definition) is 1. The molecule has 0 atom stereocenters. The van der Waals surface area contributed by atoms with Gasteiger partial charge in [-0.05, 0) is 41.8 Å². The maximum Gasteiger partial charge on any atom is 0.195 e. The van der Waals surface area contributed by atoms with Crippen molar-refractivity contribution < 1.29 is 9.18 Å². The van der Waals surface area contributed by atoms with E-state index in [1.165, 1.54) is 42.1 Å². The number of hydrogen-bond acceptors (Lipinski definition) is 6. The molecule has 0 radical (unpaired) electrons. The van der Waals surface area contributed by atoms with E-state index in [1.54, 1.807) is 28.4 Å². The highest BCUT2D eigenvalue weighted by atomic mass is 32.2. The molecule has 0 aliphatic carbocycles. The number of nitrogens with two attached hydrogens (primary N) is 1. The van der Waals surface area contributed by atoms with Crippen LogP contribution in [0.2, 0.25) is 0 Å². The van der Waals surface area contributed by atoms with E-state index in [9.17, 15) is 9.18 Å². The largest absolute Gasteiger partial charge is 0.397 e. The predicted octanol–water partition coefficient (Wildman–Crippen LogP) is 3.09. The summed E-state index contributed by atoms with van der Waals surface area (Å²) < 4.78 is 14.7. The summed E-state index contributed by atoms with van der Waals surface area (Å²) in [6.07, 6.45) is 4.62. The number of benzene rings is 1. The third kappa shape index (κ3) is 3.92. The van der Waals surface area contributed by atoms with Crippen LogP contribution in [0, 0.1) is 5.82 Å². The number of thioether (sulfide) groups is 1. The number of pyridine rings is 1. The van der Waals surface area contributed by atoms with Gasteiger partial charge in [0.25, 0.3) is 0 Å². The van der Waals surface area contributed by atoms with Crippen molar-refractivity contribution in [3.63, 3.8) is 0 Å². The molecule has 126 valence electrons. The summed E-state index contributed by atoms with van der Waals surface area (Å²) in [6.45, 7) is 0. The third-order valence-corrected chi connectivity index (χ3v) is 4.21. The van der Waals surface area contributed by atoms with Crippen LogP contribution < -0.4 is 5.73 Å². The van der Waals surface area contributed by atoms with Crippen LogP contribution in [0.4, 0.5) is 10.1 Å². The van der Waals surface area contributed by atoms with Crippen LogP contribution in [0.15, 0.2) is 59.4 Å². The van der Waals surface area contributed by atoms with Gasteiger partial charge in [-0.25, -0.2) is 4.39 Å². The molecule has 0 aliphatic rings. The van der Waals surface area contributed by atoms with Crippen molar-refractivity contribution in [3.05, 3.63) is 65.6 Å². The second kappa shape index (κ2) is 7.27. The molecule has 2 heterocycles. The average molecular weight is 355 g/mol. The second-order valence-corrected chi connectivity index (χ2v) is 6.04. The Morgan fingerprint density at radius 3 is 2.72 bits per heavy atom. The molecule has 25 heavy (non-hydrogen) atoms. The van der Waals surface area contributed by atoms with E-state index in [1.807, 2.05) is 7.05 Å². The number of allylic oxidation sites excluding steroid dienone is 1. The molecule has 3 aromatic rings. The molecule has 0 fully saturated rings. The molecule has 0 amide bonds. The molecule has 0 spiro atoms. The molecule has 0 aliphatic heterocycles. The number of nitrogens with zero attached hydrogens (tertiary/aromatic N) is 4. The smallest absolute Gasteiger partial charge is 0.195 e. The van der Waals surface area contributed by atoms with E-state index in [-0.39, 0.29) is 11.6 Å². The summed E-state index contributed by atoms with van der Waals surface area (Å²) in [5.41, 5.74) is 7.45. The Hall–Kier alpha value is -3.00. The van der Waals surface area contributed by atoms with Gasteiger partial charge in [-0.1, -0.05) is 11.8 Å². The van der Waals surface area contributed by atoms with Gasteiger partial charge >= 0.3 is 0 Å². The zero-order valence-electron chi connectivity index (χ0n) is 13.3. The number of rotatable bonds is 5. The molecular formula is C17H14FN5OS. The van der Waals surface area contributed by atoms with E-state index < -0.39 is 0 Å². The zero-order valence-corrected chi connectivity index (χ0v) is 14.1. The van der Waals surface area contributed by atoms with Crippen molar-refractivity contribution in [2.24, 2.45) is 7.05 Å². The standard InChI is InChI=1S/C17H14FN5OS/c1-23-16(12-8-14(19)10-20-9-12)21-22-17(23)25-7-6-15(24)11-2-4-13(18)5-3-11/h2-10H,19H2,1H3/b7-6+. The lowest BCUT2D eigenvalue weighted by molar-refractivity contribution is 0.104. The average Bonchev–Trinajstić information content (AvgIpc) is 2.96. The monoisotopic (exact) mass is 355 g/mol. The Labute approximate surface area is 147 Å². The summed E-state index contributed by atoms with van der Waals surface area (Å²) in [4.78, 5) is 16.0. The van der Waals surface area contributed by atoms with E-state index in [2.05, 4.69) is 15.2 Å². The first-order chi connectivity index (χ1) is 12.0. The van der Waals surface area contributed by atoms with Gasteiger partial charge in [0.1, 0.15) is 5.82 Å². The van der Waals surface area contributed by atoms with Crippen LogP contribution in [0.1, 0.15) is 10.4 Å². The van der Waals surface area contributed by atoms with Crippen LogP contribution in [0.5, 0.6) is 0 Å². The maximum absolute atomic E-state index is 12.9. The number of carbonyl (C=O) groups excluding carboxylic acids is 1. The van der Waals surface area contributed by atoms with E-state index in [0.29, 0.717) is 22.2 Å². The number of carbonyl (C=O) groups is 1. The van der Waals surface area contributed by atoms with Crippen molar-refractivity contribution >= 4 is 23.2 Å². The number of aromatic nitrogens is 4. The minimum absolute atomic E-state index is 0.213. The quantitative estimate of drug-likeness (QED) is 0.430. The molecule has 0 saturated carbocycles. The van der Waals surface area contributed by atoms with Gasteiger partial charge in [0, 0.05) is 30.6 Å². The molecule has 6 nitrogen and oxygen atoms in total. The van der Waals surface area contributed by atoms with Gasteiger partial charge in [0.15, 0.2) is 16.8 Å². The van der Waals surface area contributed by atoms with Gasteiger partial charge in [0.05, 0.1) is 5.69 Å². The molecule has 0 bridgehead atoms. The molecule has 0 unspecified atom stereocenters. The number of nitrogen functional groups attached to an aromatic ring is 1. The predicted molar refractivity (Wildman–Crippen MR) is 94.4 cm³/mol.